The molecule has 0 N–H and O–H groups in total. The van der Waals surface area contributed by atoms with Crippen molar-refractivity contribution >= 4 is 27.6 Å². The molecule has 0 radical (unpaired) electrons. The van der Waals surface area contributed by atoms with Crippen molar-refractivity contribution in [2.75, 3.05) is 44.8 Å². The maximum absolute atomic E-state index is 5.35. The summed E-state index contributed by atoms with van der Waals surface area (Å²) >= 11 is 1.56. The zero-order valence-corrected chi connectivity index (χ0v) is 16.9. The summed E-state index contributed by atoms with van der Waals surface area (Å²) < 4.78 is 7.50. The highest BCUT2D eigenvalue weighted by Gasteiger charge is 2.30. The van der Waals surface area contributed by atoms with E-state index in [2.05, 4.69) is 29.5 Å². The number of pyridine rings is 1. The Bertz CT molecular complexity index is 910. The molecule has 5 rings (SSSR count). The van der Waals surface area contributed by atoms with Gasteiger partial charge in [0.2, 0.25) is 5.95 Å². The summed E-state index contributed by atoms with van der Waals surface area (Å²) in [6.45, 7) is 5.50. The van der Waals surface area contributed by atoms with Gasteiger partial charge in [-0.25, -0.2) is 9.97 Å². The molecule has 1 aliphatic carbocycles. The topological polar surface area (TPSA) is 72.2 Å². The van der Waals surface area contributed by atoms with Gasteiger partial charge in [0.25, 0.3) is 0 Å². The second-order valence-corrected chi connectivity index (χ2v) is 8.40. The molecule has 3 aromatic rings. The highest BCUT2D eigenvalue weighted by molar-refractivity contribution is 7.21. The summed E-state index contributed by atoms with van der Waals surface area (Å²) in [5.41, 5.74) is 0.902. The van der Waals surface area contributed by atoms with Crippen molar-refractivity contribution < 1.29 is 4.74 Å². The van der Waals surface area contributed by atoms with Crippen LogP contribution < -0.4 is 4.90 Å². The van der Waals surface area contributed by atoms with Gasteiger partial charge in [0.05, 0.1) is 13.2 Å². The fourth-order valence-electron chi connectivity index (χ4n) is 3.98. The number of thiazole rings is 1. The minimum Gasteiger partial charge on any atom is -0.383 e. The van der Waals surface area contributed by atoms with Crippen molar-refractivity contribution in [1.29, 1.82) is 0 Å². The Balaban J connectivity index is 1.42. The Kier molecular flexibility index (Phi) is 4.96. The van der Waals surface area contributed by atoms with Gasteiger partial charge in [-0.2, -0.15) is 0 Å². The summed E-state index contributed by atoms with van der Waals surface area (Å²) in [5.74, 6) is 1.73. The average Bonchev–Trinajstić information content (AvgIpc) is 3.29. The molecule has 0 amide bonds. The highest BCUT2D eigenvalue weighted by Crippen LogP contribution is 2.31. The summed E-state index contributed by atoms with van der Waals surface area (Å²) in [4.78, 5) is 15.1. The van der Waals surface area contributed by atoms with E-state index in [9.17, 15) is 0 Å². The van der Waals surface area contributed by atoms with E-state index in [0.29, 0.717) is 13.2 Å². The molecule has 0 bridgehead atoms. The minimum atomic E-state index is 0.614. The molecule has 1 saturated carbocycles. The van der Waals surface area contributed by atoms with Crippen LogP contribution in [0.25, 0.3) is 21.2 Å². The van der Waals surface area contributed by atoms with Crippen LogP contribution in [0.2, 0.25) is 0 Å². The normalized spacial score (nSPS) is 18.7. The van der Waals surface area contributed by atoms with Gasteiger partial charge in [-0.05, 0) is 25.0 Å². The first-order valence-corrected chi connectivity index (χ1v) is 10.8. The van der Waals surface area contributed by atoms with Gasteiger partial charge < -0.3 is 9.64 Å². The van der Waals surface area contributed by atoms with Crippen LogP contribution >= 0.6 is 11.3 Å². The number of piperazine rings is 1. The predicted octanol–water partition coefficient (Wildman–Crippen LogP) is 2.27. The lowest BCUT2D eigenvalue weighted by Gasteiger charge is -2.43. The zero-order chi connectivity index (χ0) is 18.9. The van der Waals surface area contributed by atoms with E-state index in [1.54, 1.807) is 24.6 Å². The van der Waals surface area contributed by atoms with Crippen molar-refractivity contribution in [3.05, 3.63) is 18.3 Å². The van der Waals surface area contributed by atoms with Crippen molar-refractivity contribution in [3.63, 3.8) is 0 Å². The van der Waals surface area contributed by atoms with Gasteiger partial charge in [-0.3, -0.25) is 9.47 Å². The molecule has 2 aliphatic rings. The molecule has 0 spiro atoms. The number of methoxy groups -OCH3 is 1. The second-order valence-electron chi connectivity index (χ2n) is 7.42. The fourth-order valence-corrected chi connectivity index (χ4v) is 4.88. The Labute approximate surface area is 168 Å². The van der Waals surface area contributed by atoms with Gasteiger partial charge in [-0.1, -0.05) is 17.8 Å². The molecule has 8 nitrogen and oxygen atoms in total. The van der Waals surface area contributed by atoms with Crippen molar-refractivity contribution in [2.24, 2.45) is 0 Å². The van der Waals surface area contributed by atoms with Gasteiger partial charge in [0, 0.05) is 45.5 Å². The van der Waals surface area contributed by atoms with Crippen molar-refractivity contribution in [3.8, 4) is 10.8 Å². The molecule has 1 saturated heterocycles. The molecule has 28 heavy (non-hydrogen) atoms. The van der Waals surface area contributed by atoms with E-state index in [-0.39, 0.29) is 0 Å². The number of fused-ring (bicyclic) bond motifs is 1. The molecule has 0 unspecified atom stereocenters. The third-order valence-corrected chi connectivity index (χ3v) is 6.77. The standard InChI is InChI=1S/C19H25N7OS/c1-27-13-12-26-16(18-21-15-6-3-7-20-17(15)28-18)22-23-19(26)25-10-8-24(9-11-25)14-4-2-5-14/h3,6-7,14H,2,4-5,8-13H2,1H3. The number of hydrogen-bond acceptors (Lipinski definition) is 8. The van der Waals surface area contributed by atoms with Crippen molar-refractivity contribution in [2.45, 2.75) is 31.8 Å². The van der Waals surface area contributed by atoms with E-state index in [1.165, 1.54) is 19.3 Å². The predicted molar refractivity (Wildman–Crippen MR) is 110 cm³/mol. The molecule has 3 aromatic heterocycles. The van der Waals surface area contributed by atoms with Crippen LogP contribution in [0.1, 0.15) is 19.3 Å². The van der Waals surface area contributed by atoms with Gasteiger partial charge in [0.15, 0.2) is 10.8 Å². The lowest BCUT2D eigenvalue weighted by atomic mass is 9.91. The van der Waals surface area contributed by atoms with Crippen LogP contribution in [0.3, 0.4) is 0 Å². The lowest BCUT2D eigenvalue weighted by molar-refractivity contribution is 0.119. The van der Waals surface area contributed by atoms with Gasteiger partial charge in [-0.15, -0.1) is 10.2 Å². The molecular formula is C19H25N7OS. The molecule has 0 atom stereocenters. The number of anilines is 1. The third kappa shape index (κ3) is 3.27. The quantitative estimate of drug-likeness (QED) is 0.630. The molecule has 1 aliphatic heterocycles. The van der Waals surface area contributed by atoms with Crippen LogP contribution in [0, 0.1) is 0 Å². The molecule has 9 heteroatoms. The maximum atomic E-state index is 5.35. The SMILES string of the molecule is COCCn1c(-c2nc3cccnc3s2)nnc1N1CCN(C2CCC2)CC1. The smallest absolute Gasteiger partial charge is 0.227 e. The largest absolute Gasteiger partial charge is 0.383 e. The average molecular weight is 400 g/mol. The van der Waals surface area contributed by atoms with E-state index in [0.717, 1.165) is 59.3 Å². The van der Waals surface area contributed by atoms with Crippen LogP contribution in [0.5, 0.6) is 0 Å². The van der Waals surface area contributed by atoms with E-state index >= 15 is 0 Å². The number of nitrogens with zero attached hydrogens (tertiary/aromatic N) is 7. The first-order chi connectivity index (χ1) is 13.8. The maximum Gasteiger partial charge on any atom is 0.227 e. The summed E-state index contributed by atoms with van der Waals surface area (Å²) in [7, 11) is 1.72. The van der Waals surface area contributed by atoms with Crippen LogP contribution in [0.4, 0.5) is 5.95 Å². The van der Waals surface area contributed by atoms with Crippen LogP contribution in [-0.4, -0.2) is 75.6 Å². The van der Waals surface area contributed by atoms with E-state index < -0.39 is 0 Å². The molecule has 148 valence electrons. The summed E-state index contributed by atoms with van der Waals surface area (Å²) in [6.07, 6.45) is 5.91. The van der Waals surface area contributed by atoms with Gasteiger partial charge >= 0.3 is 0 Å². The fraction of sp³-hybridized carbons (Fsp3) is 0.579. The van der Waals surface area contributed by atoms with E-state index in [1.807, 2.05) is 12.1 Å². The minimum absolute atomic E-state index is 0.614. The molecule has 0 aromatic carbocycles. The third-order valence-electron chi connectivity index (χ3n) is 5.80. The zero-order valence-electron chi connectivity index (χ0n) is 16.1. The molecule has 2 fully saturated rings. The number of rotatable bonds is 6. The first-order valence-electron chi connectivity index (χ1n) is 9.96. The molecule has 4 heterocycles. The van der Waals surface area contributed by atoms with Crippen LogP contribution in [0.15, 0.2) is 18.3 Å². The number of ether oxygens (including phenoxy) is 1. The van der Waals surface area contributed by atoms with E-state index in [4.69, 9.17) is 9.72 Å². The number of hydrogen-bond donors (Lipinski definition) is 0. The van der Waals surface area contributed by atoms with Crippen LogP contribution in [-0.2, 0) is 11.3 Å². The first kappa shape index (κ1) is 18.0. The number of aromatic nitrogens is 5. The highest BCUT2D eigenvalue weighted by atomic mass is 32.1. The Hall–Kier alpha value is -2.10. The summed E-state index contributed by atoms with van der Waals surface area (Å²) in [6, 6.07) is 4.70. The second kappa shape index (κ2) is 7.73. The Morgan fingerprint density at radius 2 is 2.04 bits per heavy atom. The Morgan fingerprint density at radius 3 is 2.75 bits per heavy atom. The lowest BCUT2D eigenvalue weighted by Crippen LogP contribution is -2.52. The Morgan fingerprint density at radius 1 is 1.18 bits per heavy atom. The summed E-state index contributed by atoms with van der Waals surface area (Å²) in [5, 5.41) is 9.93. The van der Waals surface area contributed by atoms with Crippen molar-refractivity contribution in [1.82, 2.24) is 29.6 Å². The van der Waals surface area contributed by atoms with Gasteiger partial charge in [0.1, 0.15) is 10.3 Å². The monoisotopic (exact) mass is 399 g/mol. The molecular weight excluding hydrogens is 374 g/mol.